The number of benzene rings is 2. The fourth-order valence-electron chi connectivity index (χ4n) is 3.28. The van der Waals surface area contributed by atoms with Gasteiger partial charge in [-0.1, -0.05) is 41.7 Å². The van der Waals surface area contributed by atoms with Gasteiger partial charge >= 0.3 is 0 Å². The topological polar surface area (TPSA) is 65.9 Å². The highest BCUT2D eigenvalue weighted by molar-refractivity contribution is 7.22. The molecule has 1 saturated heterocycles. The monoisotopic (exact) mass is 397 g/mol. The molecule has 0 saturated carbocycles. The molecule has 0 radical (unpaired) electrons. The van der Waals surface area contributed by atoms with Crippen LogP contribution in [0, 0.1) is 6.92 Å². The van der Waals surface area contributed by atoms with Gasteiger partial charge in [0.05, 0.1) is 10.2 Å². The van der Waals surface area contributed by atoms with Crippen molar-refractivity contribution in [3.8, 4) is 5.75 Å². The zero-order valence-corrected chi connectivity index (χ0v) is 16.6. The van der Waals surface area contributed by atoms with E-state index in [0.29, 0.717) is 31.9 Å². The number of carbonyl (C=O) groups is 1. The van der Waals surface area contributed by atoms with E-state index in [1.54, 1.807) is 16.2 Å². The Kier molecular flexibility index (Phi) is 5.45. The highest BCUT2D eigenvalue weighted by Gasteiger charge is 2.27. The molecule has 1 aromatic heterocycles. The van der Waals surface area contributed by atoms with Crippen molar-refractivity contribution in [2.45, 2.75) is 13.0 Å². The van der Waals surface area contributed by atoms with Crippen LogP contribution in [0.25, 0.3) is 10.2 Å². The Balaban J connectivity index is 1.31. The van der Waals surface area contributed by atoms with Crippen LogP contribution in [0.2, 0.25) is 0 Å². The molecule has 1 aliphatic rings. The first-order valence-electron chi connectivity index (χ1n) is 9.37. The number of fused-ring (bicyclic) bond motifs is 1. The predicted octanol–water partition coefficient (Wildman–Crippen LogP) is 2.69. The van der Waals surface area contributed by atoms with Crippen molar-refractivity contribution in [3.05, 3.63) is 54.1 Å². The van der Waals surface area contributed by atoms with Gasteiger partial charge in [-0.15, -0.1) is 0 Å². The van der Waals surface area contributed by atoms with Gasteiger partial charge in [0.25, 0.3) is 5.91 Å². The second-order valence-electron chi connectivity index (χ2n) is 6.87. The van der Waals surface area contributed by atoms with E-state index in [9.17, 15) is 9.90 Å². The molecule has 6 nitrogen and oxygen atoms in total. The molecule has 0 bridgehead atoms. The van der Waals surface area contributed by atoms with E-state index < -0.39 is 6.10 Å². The summed E-state index contributed by atoms with van der Waals surface area (Å²) in [5, 5.41) is 11.2. The maximum atomic E-state index is 12.6. The molecule has 4 rings (SSSR count). The summed E-state index contributed by atoms with van der Waals surface area (Å²) in [6, 6.07) is 15.7. The van der Waals surface area contributed by atoms with Crippen molar-refractivity contribution >= 4 is 32.6 Å². The van der Waals surface area contributed by atoms with Gasteiger partial charge in [0.15, 0.2) is 11.2 Å². The molecule has 1 unspecified atom stereocenters. The van der Waals surface area contributed by atoms with Crippen molar-refractivity contribution in [1.82, 2.24) is 9.88 Å². The van der Waals surface area contributed by atoms with Gasteiger partial charge in [0, 0.05) is 26.2 Å². The fraction of sp³-hybridized carbons (Fsp3) is 0.333. The summed E-state index contributed by atoms with van der Waals surface area (Å²) in [5.41, 5.74) is 1.98. The van der Waals surface area contributed by atoms with E-state index in [1.807, 2.05) is 49.4 Å². The Morgan fingerprint density at radius 1 is 1.14 bits per heavy atom. The lowest BCUT2D eigenvalue weighted by Crippen LogP contribution is -2.52. The lowest BCUT2D eigenvalue weighted by molar-refractivity contribution is -0.142. The number of aliphatic hydroxyl groups is 1. The van der Waals surface area contributed by atoms with E-state index in [0.717, 1.165) is 16.2 Å². The number of hydrogen-bond donors (Lipinski definition) is 1. The van der Waals surface area contributed by atoms with Crippen molar-refractivity contribution in [2.75, 3.05) is 37.7 Å². The number of hydrogen-bond acceptors (Lipinski definition) is 6. The van der Waals surface area contributed by atoms with Crippen LogP contribution in [0.4, 0.5) is 5.13 Å². The second kappa shape index (κ2) is 8.16. The first kappa shape index (κ1) is 18.7. The van der Waals surface area contributed by atoms with Crippen LogP contribution in [0.15, 0.2) is 48.5 Å². The smallest absolute Gasteiger partial charge is 0.255 e. The molecule has 1 atom stereocenters. The number of para-hydroxylation sites is 2. The lowest BCUT2D eigenvalue weighted by atomic mass is 10.2. The number of thiazole rings is 1. The molecule has 2 heterocycles. The number of piperazine rings is 1. The van der Waals surface area contributed by atoms with Crippen molar-refractivity contribution < 1.29 is 14.6 Å². The summed E-state index contributed by atoms with van der Waals surface area (Å²) in [6.07, 6.45) is -1.16. The Morgan fingerprint density at radius 2 is 1.86 bits per heavy atom. The summed E-state index contributed by atoms with van der Waals surface area (Å²) < 4.78 is 6.78. The van der Waals surface area contributed by atoms with Gasteiger partial charge in [0.2, 0.25) is 0 Å². The first-order chi connectivity index (χ1) is 13.6. The van der Waals surface area contributed by atoms with E-state index in [-0.39, 0.29) is 12.5 Å². The van der Waals surface area contributed by atoms with Crippen LogP contribution in [0.1, 0.15) is 5.56 Å². The van der Waals surface area contributed by atoms with E-state index >= 15 is 0 Å². The second-order valence-corrected chi connectivity index (χ2v) is 7.88. The summed E-state index contributed by atoms with van der Waals surface area (Å²) in [4.78, 5) is 21.1. The van der Waals surface area contributed by atoms with Crippen molar-refractivity contribution in [3.63, 3.8) is 0 Å². The van der Waals surface area contributed by atoms with Crippen LogP contribution in [-0.4, -0.2) is 59.8 Å². The summed E-state index contributed by atoms with van der Waals surface area (Å²) in [5.74, 6) is 0.410. The number of nitrogens with zero attached hydrogens (tertiary/aromatic N) is 3. The molecule has 1 amide bonds. The summed E-state index contributed by atoms with van der Waals surface area (Å²) in [7, 11) is 0. The first-order valence-corrected chi connectivity index (χ1v) is 10.2. The molecule has 1 fully saturated rings. The molecular weight excluding hydrogens is 374 g/mol. The average molecular weight is 398 g/mol. The van der Waals surface area contributed by atoms with Crippen LogP contribution < -0.4 is 9.64 Å². The molecule has 3 aromatic rings. The van der Waals surface area contributed by atoms with Gasteiger partial charge in [0.1, 0.15) is 12.4 Å². The third kappa shape index (κ3) is 3.95. The minimum Gasteiger partial charge on any atom is -0.490 e. The van der Waals surface area contributed by atoms with Crippen molar-refractivity contribution in [2.24, 2.45) is 0 Å². The molecule has 0 spiro atoms. The Bertz CT molecular complexity index is 933. The molecular formula is C21H23N3O3S. The van der Waals surface area contributed by atoms with Crippen LogP contribution in [-0.2, 0) is 4.79 Å². The number of ether oxygens (including phenoxy) is 1. The standard InChI is InChI=1S/C21H23N3O3S/c1-15-6-2-4-8-18(15)27-14-17(25)20(26)23-10-12-24(13-11-23)21-22-16-7-3-5-9-19(16)28-21/h2-9,17,25H,10-14H2,1H3. The minimum atomic E-state index is -1.16. The highest BCUT2D eigenvalue weighted by Crippen LogP contribution is 2.29. The van der Waals surface area contributed by atoms with Crippen molar-refractivity contribution in [1.29, 1.82) is 0 Å². The van der Waals surface area contributed by atoms with E-state index in [4.69, 9.17) is 4.74 Å². The Labute approximate surface area is 168 Å². The molecule has 1 N–H and O–H groups in total. The Morgan fingerprint density at radius 3 is 2.61 bits per heavy atom. The van der Waals surface area contributed by atoms with Gasteiger partial charge in [-0.3, -0.25) is 4.79 Å². The highest BCUT2D eigenvalue weighted by atomic mass is 32.1. The zero-order valence-electron chi connectivity index (χ0n) is 15.7. The largest absolute Gasteiger partial charge is 0.490 e. The maximum Gasteiger partial charge on any atom is 0.255 e. The third-order valence-corrected chi connectivity index (χ3v) is 6.02. The summed E-state index contributed by atoms with van der Waals surface area (Å²) >= 11 is 1.67. The normalized spacial score (nSPS) is 15.6. The van der Waals surface area contributed by atoms with Gasteiger partial charge in [-0.05, 0) is 30.7 Å². The third-order valence-electron chi connectivity index (χ3n) is 4.92. The van der Waals surface area contributed by atoms with E-state index in [1.165, 1.54) is 4.70 Å². The molecule has 28 heavy (non-hydrogen) atoms. The minimum absolute atomic E-state index is 0.0399. The number of aromatic nitrogens is 1. The lowest BCUT2D eigenvalue weighted by Gasteiger charge is -2.35. The molecule has 146 valence electrons. The molecule has 0 aliphatic carbocycles. The van der Waals surface area contributed by atoms with Gasteiger partial charge < -0.3 is 19.6 Å². The zero-order chi connectivity index (χ0) is 19.5. The predicted molar refractivity (Wildman–Crippen MR) is 111 cm³/mol. The molecule has 2 aromatic carbocycles. The number of aryl methyl sites for hydroxylation is 1. The fourth-order valence-corrected chi connectivity index (χ4v) is 4.30. The average Bonchev–Trinajstić information content (AvgIpc) is 3.17. The Hall–Kier alpha value is -2.64. The molecule has 7 heteroatoms. The number of aliphatic hydroxyl groups excluding tert-OH is 1. The van der Waals surface area contributed by atoms with Crippen LogP contribution in [0.3, 0.4) is 0 Å². The van der Waals surface area contributed by atoms with Crippen LogP contribution in [0.5, 0.6) is 5.75 Å². The molecule has 1 aliphatic heterocycles. The number of anilines is 1. The van der Waals surface area contributed by atoms with Gasteiger partial charge in [-0.2, -0.15) is 0 Å². The maximum absolute atomic E-state index is 12.6. The van der Waals surface area contributed by atoms with Gasteiger partial charge in [-0.25, -0.2) is 4.98 Å². The van der Waals surface area contributed by atoms with E-state index in [2.05, 4.69) is 16.0 Å². The number of amides is 1. The quantitative estimate of drug-likeness (QED) is 0.717. The number of carbonyl (C=O) groups excluding carboxylic acids is 1. The summed E-state index contributed by atoms with van der Waals surface area (Å²) in [6.45, 7) is 4.44. The SMILES string of the molecule is Cc1ccccc1OCC(O)C(=O)N1CCN(c2nc3ccccc3s2)CC1. The van der Waals surface area contributed by atoms with Crippen LogP contribution >= 0.6 is 11.3 Å². The number of rotatable bonds is 5.